The first-order chi connectivity index (χ1) is 35.6. The lowest BCUT2D eigenvalue weighted by atomic mass is 9.35. The van der Waals surface area contributed by atoms with Crippen LogP contribution in [0.2, 0.25) is 0 Å². The highest BCUT2D eigenvalue weighted by Crippen LogP contribution is 2.76. The fourth-order valence-corrected chi connectivity index (χ4v) is 16.3. The Balaban J connectivity index is 0.998. The molecule has 0 bridgehead atoms. The average Bonchev–Trinajstić information content (AvgIpc) is 3.97. The summed E-state index contributed by atoms with van der Waals surface area (Å²) in [4.78, 5) is 0. The minimum atomic E-state index is -1.81. The van der Waals surface area contributed by atoms with Crippen LogP contribution in [0.1, 0.15) is 120 Å². The van der Waals surface area contributed by atoms with Crippen molar-refractivity contribution in [3.63, 3.8) is 0 Å². The lowest BCUT2D eigenvalue weighted by molar-refractivity contribution is -0.378. The summed E-state index contributed by atoms with van der Waals surface area (Å²) in [6.45, 7) is 15.1. The van der Waals surface area contributed by atoms with E-state index in [1.807, 2.05) is 13.8 Å². The monoisotopic (exact) mass is 1090 g/mol. The van der Waals surface area contributed by atoms with Crippen LogP contribution in [0.4, 0.5) is 0 Å². The highest BCUT2D eigenvalue weighted by molar-refractivity contribution is 5.20. The average molecular weight is 1090 g/mol. The maximum atomic E-state index is 12.8. The summed E-state index contributed by atoms with van der Waals surface area (Å²) < 4.78 is 49.3. The molecule has 4 aliphatic heterocycles. The summed E-state index contributed by atoms with van der Waals surface area (Å²) in [6.07, 6.45) is -21.0. The van der Waals surface area contributed by atoms with Gasteiger partial charge in [0.1, 0.15) is 85.5 Å². The van der Waals surface area contributed by atoms with Gasteiger partial charge in [-0.2, -0.15) is 0 Å². The van der Waals surface area contributed by atoms with E-state index in [1.54, 1.807) is 0 Å². The summed E-state index contributed by atoms with van der Waals surface area (Å²) in [5.74, 6) is -0.186. The van der Waals surface area contributed by atoms with Gasteiger partial charge in [-0.1, -0.05) is 46.3 Å². The summed E-state index contributed by atoms with van der Waals surface area (Å²) in [5.41, 5.74) is -1.17. The first-order valence-corrected chi connectivity index (χ1v) is 27.8. The second-order valence-electron chi connectivity index (χ2n) is 25.6. The van der Waals surface area contributed by atoms with Gasteiger partial charge in [0.25, 0.3) is 0 Å². The maximum Gasteiger partial charge on any atom is 0.187 e. The first-order valence-electron chi connectivity index (χ1n) is 27.8. The molecule has 4 heterocycles. The van der Waals surface area contributed by atoms with Crippen LogP contribution in [0, 0.1) is 45.3 Å². The van der Waals surface area contributed by atoms with E-state index in [4.69, 9.17) is 37.9 Å². The molecule has 4 saturated carbocycles. The van der Waals surface area contributed by atoms with Crippen LogP contribution in [-0.4, -0.2) is 232 Å². The van der Waals surface area contributed by atoms with Crippen LogP contribution >= 0.6 is 0 Å². The van der Waals surface area contributed by atoms with Crippen molar-refractivity contribution in [2.24, 2.45) is 45.3 Å². The second kappa shape index (κ2) is 23.3. The van der Waals surface area contributed by atoms with E-state index in [0.29, 0.717) is 32.1 Å². The highest BCUT2D eigenvalue weighted by atomic mass is 16.8. The molecule has 22 nitrogen and oxygen atoms in total. The quantitative estimate of drug-likeness (QED) is 0.0639. The number of rotatable bonds is 16. The largest absolute Gasteiger partial charge is 0.394 e. The Hall–Kier alpha value is -1.14. The molecule has 8 rings (SSSR count). The van der Waals surface area contributed by atoms with Crippen molar-refractivity contribution in [2.45, 2.75) is 254 Å². The van der Waals surface area contributed by atoms with Crippen LogP contribution in [0.5, 0.6) is 0 Å². The van der Waals surface area contributed by atoms with Crippen LogP contribution in [0.15, 0.2) is 11.6 Å². The van der Waals surface area contributed by atoms with Crippen molar-refractivity contribution in [1.29, 1.82) is 0 Å². The molecule has 0 aromatic carbocycles. The van der Waals surface area contributed by atoms with Crippen molar-refractivity contribution < 1.29 is 109 Å². The Morgan fingerprint density at radius 1 is 0.566 bits per heavy atom. The number of hydrogen-bond donors (Lipinski definition) is 14. The summed E-state index contributed by atoms with van der Waals surface area (Å²) >= 11 is 0. The Morgan fingerprint density at radius 2 is 1.13 bits per heavy atom. The Kier molecular flexibility index (Phi) is 18.6. The molecule has 0 aromatic rings. The third kappa shape index (κ3) is 10.8. The summed E-state index contributed by atoms with van der Waals surface area (Å²) in [6, 6.07) is 0. The molecule has 22 heteroatoms. The maximum absolute atomic E-state index is 12.8. The molecule has 0 radical (unpaired) electrons. The lowest BCUT2D eigenvalue weighted by Gasteiger charge is -2.71. The lowest BCUT2D eigenvalue weighted by Crippen LogP contribution is -2.68. The Labute approximate surface area is 445 Å². The zero-order valence-electron chi connectivity index (χ0n) is 45.4. The standard InChI is InChI=1S/C54H92O22/c1-24(2)10-9-14-54(8,76-35-19-27(59)37(60)31(70-35)23-69-47-44(67)41(64)38(61)28(20-55)71-47)25-11-16-53(7)36(25)26(58)18-33-51(5)15-13-34(50(3,4)32(51)12-17-52(33,53)6)74-49-46(43(66)40(63)30(22-57)73-49)75-48-45(68)42(65)39(62)29(21-56)72-48/h10,25-49,55-68H,9,11-23H2,1-8H3/t25-,26+,27+,28+,29+,30+,31+,32-,33+,34-,35-,36-,37-,38+,39+,40+,41-,42+,43+,44+,45+,46+,47+,48-,49-,51-,52+,53+,54-/m0/s1. The molecular formula is C54H92O22. The number of ether oxygens (including phenoxy) is 8. The zero-order chi connectivity index (χ0) is 55.8. The van der Waals surface area contributed by atoms with E-state index >= 15 is 0 Å². The molecule has 440 valence electrons. The molecule has 0 unspecified atom stereocenters. The zero-order valence-corrected chi connectivity index (χ0v) is 45.4. The minimum absolute atomic E-state index is 0.0590. The molecular weight excluding hydrogens is 1000 g/mol. The van der Waals surface area contributed by atoms with Gasteiger partial charge in [0, 0.05) is 6.42 Å². The molecule has 8 fully saturated rings. The van der Waals surface area contributed by atoms with E-state index in [1.165, 1.54) is 0 Å². The molecule has 0 aromatic heterocycles. The van der Waals surface area contributed by atoms with Gasteiger partial charge in [-0.15, -0.1) is 0 Å². The van der Waals surface area contributed by atoms with E-state index in [0.717, 1.165) is 31.3 Å². The first kappa shape index (κ1) is 60.9. The van der Waals surface area contributed by atoms with Crippen molar-refractivity contribution in [3.8, 4) is 0 Å². The minimum Gasteiger partial charge on any atom is -0.394 e. The molecule has 4 saturated heterocycles. The molecule has 4 aliphatic carbocycles. The SMILES string of the molecule is CC(C)=CCC[C@](C)(O[C@H]1C[C@@H](O)[C@H](O)[C@@H](CO[C@@H]2O[C@H](CO)[C@@H](O)[C@H](O)[C@H]2O)O1)[C@H]1CC[C@]2(C)[C@@H]1[C@H](O)C[C@@H]1[C@@]3(C)CC[C@H](O[C@@H]4O[C@H](CO)[C@@H](O)[C@@H](O)[C@H]4O[C@@H]4O[C@H](CO)[C@@H](O)[C@@H](O)[C@H]4O)C(C)(C)[C@@H]3CC[C@]12C. The van der Waals surface area contributed by atoms with Crippen LogP contribution in [0.3, 0.4) is 0 Å². The Bertz CT molecular complexity index is 1960. The van der Waals surface area contributed by atoms with E-state index < -0.39 is 166 Å². The predicted octanol–water partition coefficient (Wildman–Crippen LogP) is -1.17. The Morgan fingerprint density at radius 3 is 1.74 bits per heavy atom. The van der Waals surface area contributed by atoms with Crippen molar-refractivity contribution in [2.75, 3.05) is 26.4 Å². The normalized spacial score (nSPS) is 52.2. The van der Waals surface area contributed by atoms with Gasteiger partial charge >= 0.3 is 0 Å². The van der Waals surface area contributed by atoms with Gasteiger partial charge in [-0.25, -0.2) is 0 Å². The van der Waals surface area contributed by atoms with E-state index in [-0.39, 0.29) is 46.3 Å². The van der Waals surface area contributed by atoms with Gasteiger partial charge in [-0.05, 0) is 124 Å². The number of allylic oxidation sites excluding steroid dienone is 2. The van der Waals surface area contributed by atoms with E-state index in [2.05, 4.69) is 47.6 Å². The molecule has 0 amide bonds. The van der Waals surface area contributed by atoms with Gasteiger partial charge in [0.15, 0.2) is 25.2 Å². The molecule has 29 atom stereocenters. The van der Waals surface area contributed by atoms with Gasteiger partial charge in [0.2, 0.25) is 0 Å². The number of aliphatic hydroxyl groups excluding tert-OH is 14. The number of hydrogen-bond acceptors (Lipinski definition) is 22. The van der Waals surface area contributed by atoms with Gasteiger partial charge in [0.05, 0.1) is 50.3 Å². The van der Waals surface area contributed by atoms with E-state index in [9.17, 15) is 71.5 Å². The molecule has 8 aliphatic rings. The van der Waals surface area contributed by atoms with Gasteiger partial charge < -0.3 is 109 Å². The second-order valence-corrected chi connectivity index (χ2v) is 25.6. The molecule has 0 spiro atoms. The fourth-order valence-electron chi connectivity index (χ4n) is 16.3. The highest BCUT2D eigenvalue weighted by Gasteiger charge is 2.72. The third-order valence-corrected chi connectivity index (χ3v) is 20.8. The van der Waals surface area contributed by atoms with Crippen LogP contribution < -0.4 is 0 Å². The summed E-state index contributed by atoms with van der Waals surface area (Å²) in [7, 11) is 0. The molecule has 76 heavy (non-hydrogen) atoms. The van der Waals surface area contributed by atoms with Crippen LogP contribution in [-0.2, 0) is 37.9 Å². The number of fused-ring (bicyclic) bond motifs is 5. The van der Waals surface area contributed by atoms with Crippen LogP contribution in [0.25, 0.3) is 0 Å². The van der Waals surface area contributed by atoms with Crippen molar-refractivity contribution >= 4 is 0 Å². The van der Waals surface area contributed by atoms with Crippen molar-refractivity contribution in [1.82, 2.24) is 0 Å². The topological polar surface area (TPSA) is 357 Å². The molecule has 14 N–H and O–H groups in total. The smallest absolute Gasteiger partial charge is 0.187 e. The van der Waals surface area contributed by atoms with Gasteiger partial charge in [-0.3, -0.25) is 0 Å². The van der Waals surface area contributed by atoms with Crippen molar-refractivity contribution in [3.05, 3.63) is 11.6 Å². The number of aliphatic hydroxyl groups is 14. The third-order valence-electron chi connectivity index (χ3n) is 20.8. The fraction of sp³-hybridized carbons (Fsp3) is 0.963. The summed E-state index contributed by atoms with van der Waals surface area (Å²) in [5, 5.41) is 150. The predicted molar refractivity (Wildman–Crippen MR) is 265 cm³/mol.